The van der Waals surface area contributed by atoms with Crippen LogP contribution in [0.5, 0.6) is 11.5 Å². The van der Waals surface area contributed by atoms with Gasteiger partial charge in [0, 0.05) is 37.6 Å². The number of rotatable bonds is 5. The van der Waals surface area contributed by atoms with E-state index in [4.69, 9.17) is 14.2 Å². The molecule has 1 fully saturated rings. The van der Waals surface area contributed by atoms with E-state index >= 15 is 0 Å². The molecule has 0 saturated carbocycles. The third-order valence-corrected chi connectivity index (χ3v) is 7.31. The Bertz CT molecular complexity index is 957. The lowest BCUT2D eigenvalue weighted by Gasteiger charge is -2.34. The molecule has 1 aromatic heterocycles. The van der Waals surface area contributed by atoms with Crippen LogP contribution in [0.25, 0.3) is 0 Å². The topological polar surface area (TPSA) is 68.3 Å². The predicted molar refractivity (Wildman–Crippen MR) is 116 cm³/mol. The van der Waals surface area contributed by atoms with E-state index in [-0.39, 0.29) is 25.3 Å². The van der Waals surface area contributed by atoms with Crippen LogP contribution in [0.3, 0.4) is 0 Å². The van der Waals surface area contributed by atoms with Crippen molar-refractivity contribution in [3.05, 3.63) is 45.1 Å². The van der Waals surface area contributed by atoms with Crippen LogP contribution in [0.1, 0.15) is 38.5 Å². The van der Waals surface area contributed by atoms with Crippen molar-refractivity contribution in [2.45, 2.75) is 32.2 Å². The van der Waals surface area contributed by atoms with Crippen LogP contribution < -0.4 is 9.47 Å². The van der Waals surface area contributed by atoms with Gasteiger partial charge >= 0.3 is 5.97 Å². The van der Waals surface area contributed by atoms with Gasteiger partial charge in [0.2, 0.25) is 6.79 Å². The van der Waals surface area contributed by atoms with Crippen LogP contribution in [0.2, 0.25) is 0 Å². The number of aryl methyl sites for hydroxylation is 2. The van der Waals surface area contributed by atoms with Gasteiger partial charge < -0.3 is 19.1 Å². The third-order valence-electron chi connectivity index (χ3n) is 6.09. The Hall–Kier alpha value is -2.58. The molecule has 1 aromatic carbocycles. The van der Waals surface area contributed by atoms with E-state index in [0.29, 0.717) is 18.0 Å². The van der Waals surface area contributed by atoms with E-state index in [2.05, 4.69) is 4.90 Å². The highest BCUT2D eigenvalue weighted by atomic mass is 32.1. The highest BCUT2D eigenvalue weighted by Crippen LogP contribution is 2.33. The van der Waals surface area contributed by atoms with Crippen molar-refractivity contribution >= 4 is 23.2 Å². The molecule has 7 nitrogen and oxygen atoms in total. The Morgan fingerprint density at radius 3 is 2.65 bits per heavy atom. The molecule has 1 amide bonds. The molecule has 0 atom stereocenters. The first-order valence-electron chi connectivity index (χ1n) is 10.8. The quantitative estimate of drug-likeness (QED) is 0.664. The second-order valence-corrected chi connectivity index (χ2v) is 9.32. The lowest BCUT2D eigenvalue weighted by Crippen LogP contribution is -2.49. The minimum absolute atomic E-state index is 0.127. The normalized spacial score (nSPS) is 18.0. The maximum atomic E-state index is 12.5. The predicted octanol–water partition coefficient (Wildman–Crippen LogP) is 2.86. The highest BCUT2D eigenvalue weighted by Gasteiger charge is 2.24. The molecule has 0 radical (unpaired) electrons. The minimum atomic E-state index is -0.380. The SMILES string of the molecule is O=C(OCC(=O)N1CCN(Cc2ccc3c(c2)OCO3)CC1)c1cc2c(s1)CCCC2. The van der Waals surface area contributed by atoms with Gasteiger partial charge in [-0.3, -0.25) is 9.69 Å². The molecular weight excluding hydrogens is 416 g/mol. The summed E-state index contributed by atoms with van der Waals surface area (Å²) in [6.07, 6.45) is 4.44. The number of esters is 1. The summed E-state index contributed by atoms with van der Waals surface area (Å²) in [7, 11) is 0. The lowest BCUT2D eigenvalue weighted by atomic mass is 9.99. The number of thiophene rings is 1. The molecule has 2 aromatic rings. The van der Waals surface area contributed by atoms with Gasteiger partial charge in [0.1, 0.15) is 4.88 Å². The fourth-order valence-electron chi connectivity index (χ4n) is 4.33. The Morgan fingerprint density at radius 1 is 1.00 bits per heavy atom. The van der Waals surface area contributed by atoms with Crippen molar-refractivity contribution in [3.63, 3.8) is 0 Å². The molecule has 1 saturated heterocycles. The summed E-state index contributed by atoms with van der Waals surface area (Å²) in [4.78, 5) is 30.9. The van der Waals surface area contributed by atoms with Crippen LogP contribution in [-0.2, 0) is 28.9 Å². The van der Waals surface area contributed by atoms with E-state index in [1.54, 1.807) is 4.90 Å². The Kier molecular flexibility index (Phi) is 5.82. The van der Waals surface area contributed by atoms with Gasteiger partial charge in [0.05, 0.1) is 0 Å². The van der Waals surface area contributed by atoms with Crippen LogP contribution >= 0.6 is 11.3 Å². The number of ether oxygens (including phenoxy) is 3. The Balaban J connectivity index is 1.08. The summed E-state index contributed by atoms with van der Waals surface area (Å²) in [5, 5.41) is 0. The maximum Gasteiger partial charge on any atom is 0.348 e. The van der Waals surface area contributed by atoms with Gasteiger partial charge in [-0.1, -0.05) is 6.07 Å². The van der Waals surface area contributed by atoms with Gasteiger partial charge in [0.25, 0.3) is 5.91 Å². The number of carbonyl (C=O) groups excluding carboxylic acids is 2. The number of piperazine rings is 1. The van der Waals surface area contributed by atoms with Gasteiger partial charge in [-0.05, 0) is 55.0 Å². The fourth-order valence-corrected chi connectivity index (χ4v) is 5.48. The summed E-state index contributed by atoms with van der Waals surface area (Å²) in [6.45, 7) is 3.72. The summed E-state index contributed by atoms with van der Waals surface area (Å²) >= 11 is 1.52. The number of benzene rings is 1. The number of nitrogens with zero attached hydrogens (tertiary/aromatic N) is 2. The molecule has 164 valence electrons. The van der Waals surface area contributed by atoms with Gasteiger partial charge in [0.15, 0.2) is 18.1 Å². The van der Waals surface area contributed by atoms with Crippen molar-refractivity contribution in [3.8, 4) is 11.5 Å². The summed E-state index contributed by atoms with van der Waals surface area (Å²) in [5.41, 5.74) is 2.43. The number of hydrogen-bond donors (Lipinski definition) is 0. The molecule has 3 heterocycles. The van der Waals surface area contributed by atoms with Crippen molar-refractivity contribution in [2.24, 2.45) is 0 Å². The molecule has 0 unspecified atom stereocenters. The summed E-state index contributed by atoms with van der Waals surface area (Å²) < 4.78 is 16.1. The second-order valence-electron chi connectivity index (χ2n) is 8.19. The minimum Gasteiger partial charge on any atom is -0.454 e. The van der Waals surface area contributed by atoms with Crippen molar-refractivity contribution in [1.82, 2.24) is 9.80 Å². The van der Waals surface area contributed by atoms with Crippen molar-refractivity contribution < 1.29 is 23.8 Å². The molecule has 0 bridgehead atoms. The first-order chi connectivity index (χ1) is 15.2. The van der Waals surface area contributed by atoms with Crippen LogP contribution in [-0.4, -0.2) is 61.3 Å². The molecule has 31 heavy (non-hydrogen) atoms. The zero-order valence-electron chi connectivity index (χ0n) is 17.4. The Labute approximate surface area is 185 Å². The number of amides is 1. The summed E-state index contributed by atoms with van der Waals surface area (Å²) in [5.74, 6) is 1.07. The van der Waals surface area contributed by atoms with Crippen LogP contribution in [0.4, 0.5) is 0 Å². The average Bonchev–Trinajstić information content (AvgIpc) is 3.44. The second kappa shape index (κ2) is 8.88. The Morgan fingerprint density at radius 2 is 1.81 bits per heavy atom. The van der Waals surface area contributed by atoms with Crippen LogP contribution in [0, 0.1) is 0 Å². The first-order valence-corrected chi connectivity index (χ1v) is 11.6. The smallest absolute Gasteiger partial charge is 0.348 e. The molecule has 1 aliphatic carbocycles. The maximum absolute atomic E-state index is 12.5. The zero-order valence-corrected chi connectivity index (χ0v) is 18.2. The van der Waals surface area contributed by atoms with E-state index in [0.717, 1.165) is 49.5 Å². The fraction of sp³-hybridized carbons (Fsp3) is 0.478. The summed E-state index contributed by atoms with van der Waals surface area (Å²) in [6, 6.07) is 7.95. The van der Waals surface area contributed by atoms with Gasteiger partial charge in [-0.2, -0.15) is 0 Å². The zero-order chi connectivity index (χ0) is 21.2. The molecule has 3 aliphatic rings. The first kappa shape index (κ1) is 20.3. The van der Waals surface area contributed by atoms with E-state index in [1.165, 1.54) is 34.6 Å². The van der Waals surface area contributed by atoms with Crippen molar-refractivity contribution in [1.29, 1.82) is 0 Å². The standard InChI is InChI=1S/C23H26N2O5S/c26-22(14-28-23(27)21-12-17-3-1-2-4-20(17)31-21)25-9-7-24(8-10-25)13-16-5-6-18-19(11-16)30-15-29-18/h5-6,11-12H,1-4,7-10,13-15H2. The van der Waals surface area contributed by atoms with E-state index in [9.17, 15) is 9.59 Å². The van der Waals surface area contributed by atoms with Gasteiger partial charge in [-0.15, -0.1) is 11.3 Å². The largest absolute Gasteiger partial charge is 0.454 e. The molecule has 0 spiro atoms. The molecule has 2 aliphatic heterocycles. The average molecular weight is 443 g/mol. The molecule has 5 rings (SSSR count). The number of fused-ring (bicyclic) bond motifs is 2. The number of hydrogen-bond acceptors (Lipinski definition) is 7. The third kappa shape index (κ3) is 4.55. The molecular formula is C23H26N2O5S. The van der Waals surface area contributed by atoms with Crippen molar-refractivity contribution in [2.75, 3.05) is 39.6 Å². The van der Waals surface area contributed by atoms with E-state index < -0.39 is 0 Å². The monoisotopic (exact) mass is 442 g/mol. The highest BCUT2D eigenvalue weighted by molar-refractivity contribution is 7.14. The molecule has 0 N–H and O–H groups in total. The van der Waals surface area contributed by atoms with Crippen LogP contribution in [0.15, 0.2) is 24.3 Å². The van der Waals surface area contributed by atoms with Gasteiger partial charge in [-0.25, -0.2) is 4.79 Å². The molecule has 8 heteroatoms. The van der Waals surface area contributed by atoms with E-state index in [1.807, 2.05) is 24.3 Å². The number of carbonyl (C=O) groups is 2. The lowest BCUT2D eigenvalue weighted by molar-refractivity contribution is -0.136.